The van der Waals surface area contributed by atoms with E-state index in [9.17, 15) is 0 Å². The zero-order valence-corrected chi connectivity index (χ0v) is 11.1. The Kier molecular flexibility index (Phi) is 7.49. The Morgan fingerprint density at radius 3 is 2.60 bits per heavy atom. The Labute approximate surface area is 99.2 Å². The molecule has 1 aliphatic rings. The van der Waals surface area contributed by atoms with Gasteiger partial charge in [0.1, 0.15) is 0 Å². The third-order valence-corrected chi connectivity index (χ3v) is 3.93. The SMILES string of the molecule is CSCCNCCN(C)C1CCCCC1. The summed E-state index contributed by atoms with van der Waals surface area (Å²) in [4.78, 5) is 2.55. The summed E-state index contributed by atoms with van der Waals surface area (Å²) in [6.07, 6.45) is 9.33. The molecule has 1 fully saturated rings. The van der Waals surface area contributed by atoms with E-state index >= 15 is 0 Å². The predicted octanol–water partition coefficient (Wildman–Crippen LogP) is 2.20. The fraction of sp³-hybridized carbons (Fsp3) is 1.00. The van der Waals surface area contributed by atoms with E-state index in [1.54, 1.807) is 0 Å². The highest BCUT2D eigenvalue weighted by atomic mass is 32.2. The molecule has 0 unspecified atom stereocenters. The summed E-state index contributed by atoms with van der Waals surface area (Å²) in [6.45, 7) is 3.51. The highest BCUT2D eigenvalue weighted by Gasteiger charge is 2.16. The van der Waals surface area contributed by atoms with Crippen LogP contribution in [0.25, 0.3) is 0 Å². The van der Waals surface area contributed by atoms with E-state index in [1.165, 1.54) is 44.4 Å². The molecular formula is C12H26N2S. The van der Waals surface area contributed by atoms with E-state index in [4.69, 9.17) is 0 Å². The molecule has 3 heteroatoms. The quantitative estimate of drug-likeness (QED) is 0.675. The predicted molar refractivity (Wildman–Crippen MR) is 70.8 cm³/mol. The first-order valence-electron chi connectivity index (χ1n) is 6.24. The molecule has 0 bridgehead atoms. The van der Waals surface area contributed by atoms with Gasteiger partial charge in [0.05, 0.1) is 0 Å². The average Bonchev–Trinajstić information content (AvgIpc) is 2.30. The Bertz CT molecular complexity index is 147. The fourth-order valence-electron chi connectivity index (χ4n) is 2.26. The van der Waals surface area contributed by atoms with E-state index in [-0.39, 0.29) is 0 Å². The molecule has 0 aromatic heterocycles. The maximum absolute atomic E-state index is 3.49. The molecule has 0 aromatic rings. The van der Waals surface area contributed by atoms with E-state index in [0.29, 0.717) is 0 Å². The van der Waals surface area contributed by atoms with Crippen LogP contribution in [0.15, 0.2) is 0 Å². The molecule has 0 amide bonds. The lowest BCUT2D eigenvalue weighted by molar-refractivity contribution is 0.193. The standard InChI is InChI=1S/C12H26N2S/c1-14(10-8-13-9-11-15-2)12-6-4-3-5-7-12/h12-13H,3-11H2,1-2H3. The van der Waals surface area contributed by atoms with E-state index in [0.717, 1.165) is 19.1 Å². The number of rotatable bonds is 7. The molecule has 1 saturated carbocycles. The monoisotopic (exact) mass is 230 g/mol. The molecule has 0 atom stereocenters. The molecule has 90 valence electrons. The summed E-state index contributed by atoms with van der Waals surface area (Å²) in [6, 6.07) is 0.862. The van der Waals surface area contributed by atoms with Crippen LogP contribution < -0.4 is 5.32 Å². The maximum atomic E-state index is 3.49. The van der Waals surface area contributed by atoms with Gasteiger partial charge in [0.25, 0.3) is 0 Å². The Morgan fingerprint density at radius 2 is 1.93 bits per heavy atom. The van der Waals surface area contributed by atoms with Gasteiger partial charge in [-0.05, 0) is 26.1 Å². The normalized spacial score (nSPS) is 18.6. The van der Waals surface area contributed by atoms with Gasteiger partial charge < -0.3 is 10.2 Å². The molecule has 2 nitrogen and oxygen atoms in total. The minimum Gasteiger partial charge on any atom is -0.315 e. The number of likely N-dealkylation sites (N-methyl/N-ethyl adjacent to an activating group) is 1. The van der Waals surface area contributed by atoms with Crippen molar-refractivity contribution in [1.29, 1.82) is 0 Å². The molecule has 0 radical (unpaired) electrons. The van der Waals surface area contributed by atoms with Gasteiger partial charge >= 0.3 is 0 Å². The molecule has 1 rings (SSSR count). The van der Waals surface area contributed by atoms with Crippen LogP contribution in [0.4, 0.5) is 0 Å². The topological polar surface area (TPSA) is 15.3 Å². The van der Waals surface area contributed by atoms with Crippen molar-refractivity contribution in [3.63, 3.8) is 0 Å². The van der Waals surface area contributed by atoms with Crippen molar-refractivity contribution < 1.29 is 0 Å². The summed E-state index contributed by atoms with van der Waals surface area (Å²) < 4.78 is 0. The summed E-state index contributed by atoms with van der Waals surface area (Å²) in [5.41, 5.74) is 0. The van der Waals surface area contributed by atoms with Gasteiger partial charge in [0.15, 0.2) is 0 Å². The van der Waals surface area contributed by atoms with Crippen LogP contribution in [0, 0.1) is 0 Å². The van der Waals surface area contributed by atoms with Crippen LogP contribution in [-0.2, 0) is 0 Å². The first-order chi connectivity index (χ1) is 7.34. The molecule has 0 aliphatic heterocycles. The van der Waals surface area contributed by atoms with Crippen molar-refractivity contribution in [2.45, 2.75) is 38.1 Å². The summed E-state index contributed by atoms with van der Waals surface area (Å²) in [5, 5.41) is 3.49. The Hall–Kier alpha value is 0.270. The summed E-state index contributed by atoms with van der Waals surface area (Å²) in [5.74, 6) is 1.23. The van der Waals surface area contributed by atoms with Crippen LogP contribution in [0.1, 0.15) is 32.1 Å². The first-order valence-corrected chi connectivity index (χ1v) is 7.64. The van der Waals surface area contributed by atoms with Gasteiger partial charge in [0, 0.05) is 31.4 Å². The van der Waals surface area contributed by atoms with Crippen molar-refractivity contribution in [3.05, 3.63) is 0 Å². The third kappa shape index (κ3) is 5.79. The molecule has 15 heavy (non-hydrogen) atoms. The van der Waals surface area contributed by atoms with Gasteiger partial charge in [-0.25, -0.2) is 0 Å². The molecule has 0 spiro atoms. The Balaban J connectivity index is 1.99. The van der Waals surface area contributed by atoms with Crippen molar-refractivity contribution in [2.24, 2.45) is 0 Å². The molecule has 0 heterocycles. The average molecular weight is 230 g/mol. The zero-order chi connectivity index (χ0) is 10.9. The van der Waals surface area contributed by atoms with Crippen LogP contribution in [0.5, 0.6) is 0 Å². The van der Waals surface area contributed by atoms with E-state index < -0.39 is 0 Å². The highest BCUT2D eigenvalue weighted by Crippen LogP contribution is 2.20. The Morgan fingerprint density at radius 1 is 1.20 bits per heavy atom. The van der Waals surface area contributed by atoms with Gasteiger partial charge in [0.2, 0.25) is 0 Å². The lowest BCUT2D eigenvalue weighted by atomic mass is 9.94. The number of thioether (sulfide) groups is 1. The minimum atomic E-state index is 0.862. The zero-order valence-electron chi connectivity index (χ0n) is 10.3. The lowest BCUT2D eigenvalue weighted by Gasteiger charge is -2.31. The minimum absolute atomic E-state index is 0.862. The number of hydrogen-bond donors (Lipinski definition) is 1. The second-order valence-corrected chi connectivity index (χ2v) is 5.50. The second-order valence-electron chi connectivity index (χ2n) is 4.52. The molecule has 1 aliphatic carbocycles. The second kappa shape index (κ2) is 8.43. The van der Waals surface area contributed by atoms with Gasteiger partial charge in [-0.1, -0.05) is 19.3 Å². The first kappa shape index (κ1) is 13.3. The van der Waals surface area contributed by atoms with Crippen molar-refractivity contribution in [3.8, 4) is 0 Å². The lowest BCUT2D eigenvalue weighted by Crippen LogP contribution is -2.38. The van der Waals surface area contributed by atoms with Crippen LogP contribution in [0.3, 0.4) is 0 Å². The largest absolute Gasteiger partial charge is 0.315 e. The smallest absolute Gasteiger partial charge is 0.0107 e. The fourth-order valence-corrected chi connectivity index (χ4v) is 2.61. The third-order valence-electron chi connectivity index (χ3n) is 3.32. The summed E-state index contributed by atoms with van der Waals surface area (Å²) >= 11 is 1.91. The number of hydrogen-bond acceptors (Lipinski definition) is 3. The number of nitrogens with one attached hydrogen (secondary N) is 1. The van der Waals surface area contributed by atoms with E-state index in [2.05, 4.69) is 23.5 Å². The van der Waals surface area contributed by atoms with Crippen LogP contribution >= 0.6 is 11.8 Å². The van der Waals surface area contributed by atoms with Crippen molar-refractivity contribution in [1.82, 2.24) is 10.2 Å². The van der Waals surface area contributed by atoms with Gasteiger partial charge in [-0.2, -0.15) is 11.8 Å². The van der Waals surface area contributed by atoms with Crippen molar-refractivity contribution in [2.75, 3.05) is 38.7 Å². The molecule has 1 N–H and O–H groups in total. The summed E-state index contributed by atoms with van der Waals surface area (Å²) in [7, 11) is 2.28. The molecule has 0 aromatic carbocycles. The van der Waals surface area contributed by atoms with Gasteiger partial charge in [-0.15, -0.1) is 0 Å². The van der Waals surface area contributed by atoms with Crippen LogP contribution in [-0.4, -0.2) is 49.6 Å². The van der Waals surface area contributed by atoms with Crippen molar-refractivity contribution >= 4 is 11.8 Å². The maximum Gasteiger partial charge on any atom is 0.0107 e. The molecule has 0 saturated heterocycles. The van der Waals surface area contributed by atoms with Crippen LogP contribution in [0.2, 0.25) is 0 Å². The highest BCUT2D eigenvalue weighted by molar-refractivity contribution is 7.98. The van der Waals surface area contributed by atoms with E-state index in [1.807, 2.05) is 11.8 Å². The van der Waals surface area contributed by atoms with Gasteiger partial charge in [-0.3, -0.25) is 0 Å². The number of nitrogens with zero attached hydrogens (tertiary/aromatic N) is 1. The molecular weight excluding hydrogens is 204 g/mol.